The predicted octanol–water partition coefficient (Wildman–Crippen LogP) is 5.58. The molecule has 1 atom stereocenters. The molecule has 1 heterocycles. The number of likely N-dealkylation sites (tertiary alicyclic amines) is 1. The van der Waals surface area contributed by atoms with E-state index in [9.17, 15) is 4.39 Å². The molecule has 28 heavy (non-hydrogen) atoms. The quantitative estimate of drug-likeness (QED) is 0.519. The van der Waals surface area contributed by atoms with Crippen LogP contribution in [0.1, 0.15) is 30.9 Å². The third kappa shape index (κ3) is 7.20. The van der Waals surface area contributed by atoms with E-state index < -0.39 is 0 Å². The van der Waals surface area contributed by atoms with Gasteiger partial charge in [-0.2, -0.15) is 0 Å². The lowest BCUT2D eigenvalue weighted by Crippen LogP contribution is -2.37. The Labute approximate surface area is 188 Å². The van der Waals surface area contributed by atoms with E-state index in [2.05, 4.69) is 39.1 Å². The van der Waals surface area contributed by atoms with Gasteiger partial charge in [0.15, 0.2) is 0 Å². The van der Waals surface area contributed by atoms with Gasteiger partial charge in [0.1, 0.15) is 18.2 Å². The van der Waals surface area contributed by atoms with Crippen LogP contribution in [0, 0.1) is 5.82 Å². The monoisotopic (exact) mass is 492 g/mol. The normalized spacial score (nSPS) is 16.3. The molecule has 2 aromatic rings. The van der Waals surface area contributed by atoms with Crippen LogP contribution in [-0.2, 0) is 13.2 Å². The first kappa shape index (κ1) is 25.2. The summed E-state index contributed by atoms with van der Waals surface area (Å²) in [5.74, 6) is 0.638. The smallest absolute Gasteiger partial charge is 0.124 e. The van der Waals surface area contributed by atoms with Crippen LogP contribution in [0.3, 0.4) is 0 Å². The standard InChI is InChI=1S/C21H26BrFN2O.2ClH/c1-2-25-11-3-4-20(25)14-24-13-17-12-18(22)7-10-21(17)26-15-16-5-8-19(23)9-6-16;;/h5-10,12,20,24H,2-4,11,13-15H2,1H3;2*1H. The molecule has 3 rings (SSSR count). The van der Waals surface area contributed by atoms with Crippen LogP contribution in [0.15, 0.2) is 46.9 Å². The van der Waals surface area contributed by atoms with Gasteiger partial charge in [0.05, 0.1) is 0 Å². The molecule has 1 aliphatic rings. The Morgan fingerprint density at radius 1 is 1.18 bits per heavy atom. The highest BCUT2D eigenvalue weighted by atomic mass is 79.9. The lowest BCUT2D eigenvalue weighted by atomic mass is 10.1. The van der Waals surface area contributed by atoms with Gasteiger partial charge < -0.3 is 10.1 Å². The summed E-state index contributed by atoms with van der Waals surface area (Å²) in [5.41, 5.74) is 2.08. The van der Waals surface area contributed by atoms with Crippen molar-refractivity contribution in [3.8, 4) is 5.75 Å². The van der Waals surface area contributed by atoms with Gasteiger partial charge in [-0.1, -0.05) is 35.0 Å². The summed E-state index contributed by atoms with van der Waals surface area (Å²) in [7, 11) is 0. The van der Waals surface area contributed by atoms with Crippen LogP contribution < -0.4 is 10.1 Å². The summed E-state index contributed by atoms with van der Waals surface area (Å²) in [6, 6.07) is 13.1. The number of rotatable bonds is 8. The van der Waals surface area contributed by atoms with Gasteiger partial charge >= 0.3 is 0 Å². The lowest BCUT2D eigenvalue weighted by molar-refractivity contribution is 0.259. The first-order valence-electron chi connectivity index (χ1n) is 9.26. The van der Waals surface area contributed by atoms with Gasteiger partial charge in [-0.15, -0.1) is 24.8 Å². The largest absolute Gasteiger partial charge is 0.489 e. The fourth-order valence-corrected chi connectivity index (χ4v) is 3.89. The summed E-state index contributed by atoms with van der Waals surface area (Å²) in [6.07, 6.45) is 2.57. The van der Waals surface area contributed by atoms with E-state index in [0.717, 1.165) is 41.0 Å². The van der Waals surface area contributed by atoms with Crippen molar-refractivity contribution in [3.05, 3.63) is 63.9 Å². The number of hydrogen-bond donors (Lipinski definition) is 1. The molecule has 0 spiro atoms. The van der Waals surface area contributed by atoms with Crippen LogP contribution in [0.5, 0.6) is 5.75 Å². The molecule has 0 amide bonds. The first-order valence-corrected chi connectivity index (χ1v) is 10.1. The minimum atomic E-state index is -0.227. The second kappa shape index (κ2) is 12.7. The molecule has 1 fully saturated rings. The zero-order chi connectivity index (χ0) is 18.4. The molecule has 1 unspecified atom stereocenters. The maximum atomic E-state index is 13.0. The van der Waals surface area contributed by atoms with Crippen molar-refractivity contribution in [3.63, 3.8) is 0 Å². The number of nitrogens with one attached hydrogen (secondary N) is 1. The van der Waals surface area contributed by atoms with Crippen molar-refractivity contribution in [2.75, 3.05) is 19.6 Å². The van der Waals surface area contributed by atoms with Gasteiger partial charge in [0.2, 0.25) is 0 Å². The molecule has 0 saturated carbocycles. The van der Waals surface area contributed by atoms with Crippen molar-refractivity contribution in [1.29, 1.82) is 0 Å². The molecular weight excluding hydrogens is 466 g/mol. The first-order chi connectivity index (χ1) is 12.7. The van der Waals surface area contributed by atoms with E-state index in [-0.39, 0.29) is 30.6 Å². The summed E-state index contributed by atoms with van der Waals surface area (Å²) in [5, 5.41) is 3.59. The van der Waals surface area contributed by atoms with Crippen LogP contribution in [0.25, 0.3) is 0 Å². The van der Waals surface area contributed by atoms with Gasteiger partial charge in [0, 0.05) is 29.2 Å². The lowest BCUT2D eigenvalue weighted by Gasteiger charge is -2.23. The summed E-state index contributed by atoms with van der Waals surface area (Å²) >= 11 is 3.55. The SMILES string of the molecule is CCN1CCCC1CNCc1cc(Br)ccc1OCc1ccc(F)cc1.Cl.Cl. The Morgan fingerprint density at radius 3 is 2.64 bits per heavy atom. The number of ether oxygens (including phenoxy) is 1. The molecule has 0 bridgehead atoms. The molecule has 1 N–H and O–H groups in total. The number of likely N-dealkylation sites (N-methyl/N-ethyl adjacent to an activating group) is 1. The van der Waals surface area contributed by atoms with Crippen molar-refractivity contribution in [2.45, 2.75) is 39.0 Å². The highest BCUT2D eigenvalue weighted by Crippen LogP contribution is 2.24. The molecular formula is C21H28BrCl2FN2O. The third-order valence-electron chi connectivity index (χ3n) is 4.93. The van der Waals surface area contributed by atoms with E-state index in [1.54, 1.807) is 12.1 Å². The van der Waals surface area contributed by atoms with Gasteiger partial charge in [-0.05, 0) is 61.8 Å². The minimum Gasteiger partial charge on any atom is -0.489 e. The maximum Gasteiger partial charge on any atom is 0.124 e. The highest BCUT2D eigenvalue weighted by Gasteiger charge is 2.22. The van der Waals surface area contributed by atoms with E-state index in [4.69, 9.17) is 4.74 Å². The fourth-order valence-electron chi connectivity index (χ4n) is 3.48. The number of halogens is 4. The number of hydrogen-bond acceptors (Lipinski definition) is 3. The van der Waals surface area contributed by atoms with Crippen LogP contribution in [-0.4, -0.2) is 30.6 Å². The Morgan fingerprint density at radius 2 is 1.93 bits per heavy atom. The molecule has 0 aliphatic carbocycles. The average molecular weight is 494 g/mol. The second-order valence-corrected chi connectivity index (χ2v) is 7.64. The van der Waals surface area contributed by atoms with Crippen molar-refractivity contribution < 1.29 is 9.13 Å². The molecule has 3 nitrogen and oxygen atoms in total. The zero-order valence-electron chi connectivity index (χ0n) is 16.0. The minimum absolute atomic E-state index is 0. The predicted molar refractivity (Wildman–Crippen MR) is 121 cm³/mol. The van der Waals surface area contributed by atoms with Gasteiger partial charge in [-0.3, -0.25) is 4.90 Å². The van der Waals surface area contributed by atoms with E-state index >= 15 is 0 Å². The summed E-state index contributed by atoms with van der Waals surface area (Å²) < 4.78 is 20.1. The molecule has 0 aromatic heterocycles. The molecule has 156 valence electrons. The van der Waals surface area contributed by atoms with Crippen LogP contribution >= 0.6 is 40.7 Å². The third-order valence-corrected chi connectivity index (χ3v) is 5.42. The number of benzene rings is 2. The Hall–Kier alpha value is -0.850. The Balaban J connectivity index is 0.00000196. The van der Waals surface area contributed by atoms with Crippen LogP contribution in [0.4, 0.5) is 4.39 Å². The second-order valence-electron chi connectivity index (χ2n) is 6.72. The van der Waals surface area contributed by atoms with Gasteiger partial charge in [0.25, 0.3) is 0 Å². The van der Waals surface area contributed by atoms with Crippen molar-refractivity contribution >= 4 is 40.7 Å². The summed E-state index contributed by atoms with van der Waals surface area (Å²) in [4.78, 5) is 2.54. The molecule has 1 saturated heterocycles. The molecule has 7 heteroatoms. The van der Waals surface area contributed by atoms with Crippen molar-refractivity contribution in [1.82, 2.24) is 10.2 Å². The fraction of sp³-hybridized carbons (Fsp3) is 0.429. The Bertz CT molecular complexity index is 718. The topological polar surface area (TPSA) is 24.5 Å². The molecule has 2 aromatic carbocycles. The zero-order valence-corrected chi connectivity index (χ0v) is 19.2. The molecule has 1 aliphatic heterocycles. The molecule has 0 radical (unpaired) electrons. The summed E-state index contributed by atoms with van der Waals surface area (Å²) in [6.45, 7) is 6.76. The average Bonchev–Trinajstić information content (AvgIpc) is 3.10. The Kier molecular flexibility index (Phi) is 11.4. The highest BCUT2D eigenvalue weighted by molar-refractivity contribution is 9.10. The van der Waals surface area contributed by atoms with E-state index in [0.29, 0.717) is 12.6 Å². The van der Waals surface area contributed by atoms with Crippen LogP contribution in [0.2, 0.25) is 0 Å². The van der Waals surface area contributed by atoms with E-state index in [1.807, 2.05) is 12.1 Å². The van der Waals surface area contributed by atoms with Crippen molar-refractivity contribution in [2.24, 2.45) is 0 Å². The number of nitrogens with zero attached hydrogens (tertiary/aromatic N) is 1. The maximum absolute atomic E-state index is 13.0. The van der Waals surface area contributed by atoms with Gasteiger partial charge in [-0.25, -0.2) is 4.39 Å². The van der Waals surface area contributed by atoms with E-state index in [1.165, 1.54) is 31.5 Å².